The lowest BCUT2D eigenvalue weighted by atomic mass is 9.99. The number of halogens is 3. The minimum Gasteiger partial charge on any atom is -0.381 e. The summed E-state index contributed by atoms with van der Waals surface area (Å²) < 4.78 is 47.9. The Balaban J connectivity index is 1.28. The van der Waals surface area contributed by atoms with Gasteiger partial charge in [-0.25, -0.2) is 15.0 Å². The smallest absolute Gasteiger partial charge is 0.381 e. The molecular formula is C36H37F3N8O5. The molecule has 3 aliphatic rings. The number of nitrogens with one attached hydrogen (secondary N) is 2. The van der Waals surface area contributed by atoms with Gasteiger partial charge in [-0.3, -0.25) is 23.9 Å². The van der Waals surface area contributed by atoms with E-state index in [1.807, 2.05) is 6.07 Å². The molecule has 2 N–H and O–H groups in total. The maximum Gasteiger partial charge on any atom is 0.433 e. The summed E-state index contributed by atoms with van der Waals surface area (Å²) in [6.45, 7) is 5.05. The molecule has 0 unspecified atom stereocenters. The van der Waals surface area contributed by atoms with Gasteiger partial charge in [-0.1, -0.05) is 6.07 Å². The van der Waals surface area contributed by atoms with Crippen LogP contribution >= 0.6 is 0 Å². The highest BCUT2D eigenvalue weighted by molar-refractivity contribution is 6.07. The normalized spacial score (nSPS) is 22.5. The van der Waals surface area contributed by atoms with E-state index in [0.29, 0.717) is 64.9 Å². The van der Waals surface area contributed by atoms with Gasteiger partial charge in [0.1, 0.15) is 35.6 Å². The molecule has 2 aliphatic heterocycles. The molecule has 2 fully saturated rings. The van der Waals surface area contributed by atoms with E-state index in [4.69, 9.17) is 4.74 Å². The Labute approximate surface area is 296 Å². The lowest BCUT2D eigenvalue weighted by Crippen LogP contribution is -2.47. The number of aryl methyl sites for hydroxylation is 2. The molecule has 1 aromatic carbocycles. The van der Waals surface area contributed by atoms with Crippen molar-refractivity contribution in [2.45, 2.75) is 84.2 Å². The molecule has 0 radical (unpaired) electrons. The molecule has 52 heavy (non-hydrogen) atoms. The van der Waals surface area contributed by atoms with E-state index in [9.17, 15) is 32.3 Å². The van der Waals surface area contributed by atoms with Crippen LogP contribution in [0.3, 0.4) is 0 Å². The Kier molecular flexibility index (Phi) is 9.05. The van der Waals surface area contributed by atoms with E-state index in [0.717, 1.165) is 6.07 Å². The molecule has 272 valence electrons. The van der Waals surface area contributed by atoms with Gasteiger partial charge in [0.05, 0.1) is 12.1 Å². The fraction of sp³-hybridized carbons (Fsp3) is 0.444. The average Bonchev–Trinajstić information content (AvgIpc) is 3.50. The van der Waals surface area contributed by atoms with Gasteiger partial charge in [-0.05, 0) is 74.4 Å². The van der Waals surface area contributed by atoms with E-state index in [1.165, 1.54) is 29.5 Å². The molecule has 3 atom stereocenters. The van der Waals surface area contributed by atoms with Gasteiger partial charge < -0.3 is 20.3 Å². The fourth-order valence-electron chi connectivity index (χ4n) is 7.31. The predicted molar refractivity (Wildman–Crippen MR) is 181 cm³/mol. The summed E-state index contributed by atoms with van der Waals surface area (Å²) in [7, 11) is 0. The summed E-state index contributed by atoms with van der Waals surface area (Å²) in [5.74, 6) is -1.29. The van der Waals surface area contributed by atoms with Crippen molar-refractivity contribution in [2.75, 3.05) is 18.5 Å². The molecule has 0 spiro atoms. The van der Waals surface area contributed by atoms with Crippen LogP contribution in [-0.2, 0) is 38.4 Å². The Morgan fingerprint density at radius 2 is 1.83 bits per heavy atom. The number of rotatable bonds is 4. The number of carbonyl (C=O) groups excluding carboxylic acids is 4. The topological polar surface area (TPSA) is 161 Å². The Morgan fingerprint density at radius 1 is 1.06 bits per heavy atom. The molecule has 1 aliphatic carbocycles. The van der Waals surface area contributed by atoms with Gasteiger partial charge >= 0.3 is 6.18 Å². The predicted octanol–water partition coefficient (Wildman–Crippen LogP) is 4.54. The van der Waals surface area contributed by atoms with Crippen molar-refractivity contribution in [3.63, 3.8) is 0 Å². The Bertz CT molecular complexity index is 2100. The van der Waals surface area contributed by atoms with Crippen LogP contribution in [0.25, 0.3) is 22.0 Å². The maximum absolute atomic E-state index is 14.4. The third-order valence-electron chi connectivity index (χ3n) is 10.1. The van der Waals surface area contributed by atoms with Crippen molar-refractivity contribution >= 4 is 40.2 Å². The van der Waals surface area contributed by atoms with Crippen LogP contribution in [0.5, 0.6) is 0 Å². The number of ketones is 1. The number of anilines is 1. The number of amides is 3. The minimum atomic E-state index is -4.71. The van der Waals surface area contributed by atoms with Crippen molar-refractivity contribution in [2.24, 2.45) is 5.41 Å². The second kappa shape index (κ2) is 13.4. The van der Waals surface area contributed by atoms with Crippen molar-refractivity contribution in [3.05, 3.63) is 65.0 Å². The third kappa shape index (κ3) is 6.74. The van der Waals surface area contributed by atoms with E-state index < -0.39 is 35.1 Å². The second-order valence-corrected chi connectivity index (χ2v) is 13.9. The Morgan fingerprint density at radius 3 is 2.56 bits per heavy atom. The van der Waals surface area contributed by atoms with Crippen LogP contribution in [0.4, 0.5) is 19.0 Å². The average molecular weight is 719 g/mol. The zero-order chi connectivity index (χ0) is 36.9. The molecule has 5 heterocycles. The lowest BCUT2D eigenvalue weighted by Gasteiger charge is -2.27. The number of aromatic nitrogens is 5. The molecular weight excluding hydrogens is 681 g/mol. The second-order valence-electron chi connectivity index (χ2n) is 13.9. The highest BCUT2D eigenvalue weighted by Gasteiger charge is 2.67. The molecule has 2 bridgehead atoms. The molecule has 1 saturated heterocycles. The van der Waals surface area contributed by atoms with Crippen LogP contribution in [-0.4, -0.2) is 78.4 Å². The number of hydrogen-bond acceptors (Lipinski definition) is 9. The van der Waals surface area contributed by atoms with Gasteiger partial charge in [-0.15, -0.1) is 0 Å². The van der Waals surface area contributed by atoms with Crippen molar-refractivity contribution in [1.29, 1.82) is 0 Å². The van der Waals surface area contributed by atoms with Crippen LogP contribution in [0.15, 0.2) is 36.7 Å². The lowest BCUT2D eigenvalue weighted by molar-refractivity contribution is -0.141. The Hall–Kier alpha value is -5.25. The molecule has 1 saturated carbocycles. The summed E-state index contributed by atoms with van der Waals surface area (Å²) in [6, 6.07) is 4.32. The van der Waals surface area contributed by atoms with Gasteiger partial charge in [0.15, 0.2) is 5.78 Å². The van der Waals surface area contributed by atoms with Gasteiger partial charge in [-0.2, -0.15) is 18.3 Å². The number of alkyl halides is 3. The molecule has 7 rings (SSSR count). The molecule has 13 nitrogen and oxygen atoms in total. The van der Waals surface area contributed by atoms with Gasteiger partial charge in [0, 0.05) is 61.3 Å². The van der Waals surface area contributed by atoms with Crippen LogP contribution in [0.1, 0.15) is 72.2 Å². The van der Waals surface area contributed by atoms with Gasteiger partial charge in [0.25, 0.3) is 0 Å². The highest BCUT2D eigenvalue weighted by Crippen LogP contribution is 2.60. The monoisotopic (exact) mass is 718 g/mol. The zero-order valence-electron chi connectivity index (χ0n) is 28.8. The summed E-state index contributed by atoms with van der Waals surface area (Å²) >= 11 is 0. The van der Waals surface area contributed by atoms with E-state index in [-0.39, 0.29) is 61.8 Å². The number of benzene rings is 1. The molecule has 16 heteroatoms. The summed E-state index contributed by atoms with van der Waals surface area (Å²) in [6.07, 6.45) is 0.877. The van der Waals surface area contributed by atoms with E-state index >= 15 is 0 Å². The van der Waals surface area contributed by atoms with Gasteiger partial charge in [0.2, 0.25) is 17.7 Å². The van der Waals surface area contributed by atoms with Crippen LogP contribution < -0.4 is 10.6 Å². The SMILES string of the molecule is CC(=O)c1nn2c3c(cc(-c4cnc(C)nc4)cc13)CNC(=O)CCCCOC[C@@]13C[C@@H](C(=O)Nc4nc(C(F)(F)F)ccc4C)N(C(=O)C2)[C@@H]1C3. The van der Waals surface area contributed by atoms with Crippen molar-refractivity contribution in [3.8, 4) is 11.1 Å². The van der Waals surface area contributed by atoms with E-state index in [2.05, 4.69) is 30.7 Å². The first-order valence-electron chi connectivity index (χ1n) is 17.1. The summed E-state index contributed by atoms with van der Waals surface area (Å²) in [4.78, 5) is 67.9. The zero-order valence-corrected chi connectivity index (χ0v) is 28.8. The summed E-state index contributed by atoms with van der Waals surface area (Å²) in [5, 5.41) is 10.6. The first-order valence-corrected chi connectivity index (χ1v) is 17.1. The number of carbonyl (C=O) groups is 4. The number of Topliss-reactive ketones (excluding diaryl/α,β-unsaturated/α-hetero) is 1. The first kappa shape index (κ1) is 35.2. The number of pyridine rings is 1. The summed E-state index contributed by atoms with van der Waals surface area (Å²) in [5.41, 5.74) is 1.22. The number of ether oxygens (including phenoxy) is 1. The number of hydrogen-bond donors (Lipinski definition) is 2. The van der Waals surface area contributed by atoms with Crippen LogP contribution in [0.2, 0.25) is 0 Å². The van der Waals surface area contributed by atoms with Crippen molar-refractivity contribution < 1.29 is 37.1 Å². The van der Waals surface area contributed by atoms with E-state index in [1.54, 1.807) is 25.4 Å². The minimum absolute atomic E-state index is 0.0768. The standard InChI is InChI=1S/C36H37F3N8O5/c1-19-7-8-27(36(37,38)39)43-33(19)44-34(51)26-12-35-13-28(35)47(26)30(50)17-46-32-23(14-42-29(49)6-4-5-9-52-18-35)10-22(24-15-40-21(3)41-16-24)11-25(32)31(45-46)20(2)48/h7-8,10-11,15-16,26,28H,4-6,9,12-14,17-18H2,1-3H3,(H,42,49)(H,43,44,51)/t26-,28+,35-/m0/s1. The number of nitrogens with zero attached hydrogens (tertiary/aromatic N) is 6. The largest absolute Gasteiger partial charge is 0.433 e. The molecule has 3 aromatic heterocycles. The maximum atomic E-state index is 14.4. The number of piperidine rings is 1. The third-order valence-corrected chi connectivity index (χ3v) is 10.1. The molecule has 4 aromatic rings. The van der Waals surface area contributed by atoms with Crippen molar-refractivity contribution in [1.82, 2.24) is 34.9 Å². The highest BCUT2D eigenvalue weighted by atomic mass is 19.4. The fourth-order valence-corrected chi connectivity index (χ4v) is 7.31. The first-order chi connectivity index (χ1) is 24.7. The molecule has 3 amide bonds. The quantitative estimate of drug-likeness (QED) is 0.289. The van der Waals surface area contributed by atoms with Crippen LogP contribution in [0, 0.1) is 19.3 Å².